The third-order valence-electron chi connectivity index (χ3n) is 6.96. The van der Waals surface area contributed by atoms with Gasteiger partial charge in [-0.2, -0.15) is 0 Å². The first-order chi connectivity index (χ1) is 19.1. The smallest absolute Gasteiger partial charge is 0.326 e. The molecule has 1 atom stereocenters. The molecule has 2 aromatic heterocycles. The molecule has 0 fully saturated rings. The van der Waals surface area contributed by atoms with Crippen LogP contribution in [0.4, 0.5) is 0 Å². The molecule has 40 heavy (non-hydrogen) atoms. The minimum absolute atomic E-state index is 0.00433. The van der Waals surface area contributed by atoms with Gasteiger partial charge in [0.15, 0.2) is 0 Å². The van der Waals surface area contributed by atoms with E-state index in [9.17, 15) is 19.5 Å². The second-order valence-electron chi connectivity index (χ2n) is 9.36. The molecule has 0 spiro atoms. The number of nitrogens with zero attached hydrogens (tertiary/aromatic N) is 2. The van der Waals surface area contributed by atoms with E-state index in [1.54, 1.807) is 42.1 Å². The van der Waals surface area contributed by atoms with Crippen LogP contribution in [0.3, 0.4) is 0 Å². The summed E-state index contributed by atoms with van der Waals surface area (Å²) in [6.45, 7) is 1.91. The highest BCUT2D eigenvalue weighted by atomic mass is 79.9. The van der Waals surface area contributed by atoms with E-state index in [1.807, 2.05) is 31.2 Å². The van der Waals surface area contributed by atoms with E-state index >= 15 is 0 Å². The molecule has 10 heteroatoms. The molecular weight excluding hydrogens is 617 g/mol. The Bertz CT molecular complexity index is 1880. The number of carbonyl (C=O) groups excluding carboxylic acids is 1. The average Bonchev–Trinajstić information content (AvgIpc) is 2.92. The van der Waals surface area contributed by atoms with Crippen molar-refractivity contribution in [1.82, 2.24) is 14.9 Å². The second-order valence-corrected chi connectivity index (χ2v) is 11.1. The highest BCUT2D eigenvalue weighted by molar-refractivity contribution is 9.10. The molecule has 5 rings (SSSR count). The van der Waals surface area contributed by atoms with Crippen LogP contribution in [0, 0.1) is 6.92 Å². The van der Waals surface area contributed by atoms with Crippen molar-refractivity contribution in [2.24, 2.45) is 7.05 Å². The van der Waals surface area contributed by atoms with Gasteiger partial charge >= 0.3 is 5.97 Å². The maximum absolute atomic E-state index is 13.6. The number of carboxylic acid groups (broad SMARTS) is 1. The number of aryl methyl sites for hydroxylation is 2. The van der Waals surface area contributed by atoms with Gasteiger partial charge in [-0.25, -0.2) is 4.79 Å². The van der Waals surface area contributed by atoms with Gasteiger partial charge in [0.25, 0.3) is 11.5 Å². The van der Waals surface area contributed by atoms with Gasteiger partial charge in [-0.1, -0.05) is 63.4 Å². The Kier molecular flexibility index (Phi) is 7.68. The van der Waals surface area contributed by atoms with Gasteiger partial charge in [-0.3, -0.25) is 14.6 Å². The topological polar surface area (TPSA) is 101 Å². The quantitative estimate of drug-likeness (QED) is 0.219. The summed E-state index contributed by atoms with van der Waals surface area (Å²) in [5, 5.41) is 14.3. The molecule has 0 saturated carbocycles. The van der Waals surface area contributed by atoms with Crippen molar-refractivity contribution in [2.45, 2.75) is 19.4 Å². The summed E-state index contributed by atoms with van der Waals surface area (Å²) in [7, 11) is 1.74. The van der Waals surface area contributed by atoms with E-state index in [2.05, 4.69) is 26.2 Å². The normalized spacial score (nSPS) is 12.0. The highest BCUT2D eigenvalue weighted by Gasteiger charge is 2.26. The fraction of sp³-hybridized carbons (Fsp3) is 0.133. The lowest BCUT2D eigenvalue weighted by Crippen LogP contribution is -2.42. The summed E-state index contributed by atoms with van der Waals surface area (Å²) in [5.74, 6) is -1.92. The number of aromatic nitrogens is 2. The van der Waals surface area contributed by atoms with Crippen molar-refractivity contribution in [3.63, 3.8) is 0 Å². The van der Waals surface area contributed by atoms with Gasteiger partial charge in [-0.15, -0.1) is 0 Å². The fourth-order valence-electron chi connectivity index (χ4n) is 4.97. The lowest BCUT2D eigenvalue weighted by atomic mass is 9.92. The van der Waals surface area contributed by atoms with Crippen molar-refractivity contribution < 1.29 is 14.7 Å². The number of nitrogens with one attached hydrogen (secondary N) is 1. The second kappa shape index (κ2) is 11.0. The van der Waals surface area contributed by atoms with Gasteiger partial charge in [0.2, 0.25) is 0 Å². The van der Waals surface area contributed by atoms with Crippen molar-refractivity contribution in [1.29, 1.82) is 0 Å². The van der Waals surface area contributed by atoms with E-state index < -0.39 is 17.9 Å². The number of hydrogen-bond donors (Lipinski definition) is 2. The lowest BCUT2D eigenvalue weighted by molar-refractivity contribution is -0.139. The Morgan fingerprint density at radius 1 is 1.05 bits per heavy atom. The van der Waals surface area contributed by atoms with E-state index in [1.165, 1.54) is 12.1 Å². The minimum Gasteiger partial charge on any atom is -0.480 e. The minimum atomic E-state index is -1.29. The summed E-state index contributed by atoms with van der Waals surface area (Å²) >= 11 is 15.8. The first-order valence-electron chi connectivity index (χ1n) is 12.2. The zero-order valence-corrected chi connectivity index (χ0v) is 24.4. The summed E-state index contributed by atoms with van der Waals surface area (Å²) in [5.41, 5.74) is 3.83. The van der Waals surface area contributed by atoms with Crippen LogP contribution in [0.15, 0.2) is 76.1 Å². The number of rotatable bonds is 6. The van der Waals surface area contributed by atoms with E-state index in [4.69, 9.17) is 23.2 Å². The summed E-state index contributed by atoms with van der Waals surface area (Å²) < 4.78 is 2.52. The van der Waals surface area contributed by atoms with E-state index in [0.29, 0.717) is 27.6 Å². The zero-order valence-electron chi connectivity index (χ0n) is 21.3. The SMILES string of the molecule is Cc1c(-c2ccc(CC(NC(=O)c3c(Cl)cccc3Cl)C(=O)O)c3ncccc23)c(=O)n(C)c2ccc(Br)cc12. The van der Waals surface area contributed by atoms with Crippen LogP contribution in [0.25, 0.3) is 32.9 Å². The maximum Gasteiger partial charge on any atom is 0.326 e. The number of amides is 1. The number of pyridine rings is 2. The summed E-state index contributed by atoms with van der Waals surface area (Å²) in [6, 6.07) is 16.3. The number of halogens is 3. The standard InChI is InChI=1S/C30H22BrCl2N3O4/c1-15-20-14-17(31)9-11-24(20)36(2)29(38)25(15)18-10-8-16(27-19(18)5-4-12-34-27)13-23(30(39)40)35-28(37)26-21(32)6-3-7-22(26)33/h3-12,14,23H,13H2,1-2H3,(H,35,37)(H,39,40). The van der Waals surface area contributed by atoms with Crippen LogP contribution in [0.5, 0.6) is 0 Å². The predicted octanol–water partition coefficient (Wildman–Crippen LogP) is 6.56. The molecule has 7 nitrogen and oxygen atoms in total. The Morgan fingerprint density at radius 3 is 2.48 bits per heavy atom. The van der Waals surface area contributed by atoms with Crippen LogP contribution in [-0.4, -0.2) is 32.6 Å². The third-order valence-corrected chi connectivity index (χ3v) is 8.08. The van der Waals surface area contributed by atoms with Crippen LogP contribution >= 0.6 is 39.1 Å². The van der Waals surface area contributed by atoms with Crippen molar-refractivity contribution in [2.75, 3.05) is 0 Å². The van der Waals surface area contributed by atoms with Crippen molar-refractivity contribution >= 4 is 72.8 Å². The third kappa shape index (κ3) is 4.98. The number of fused-ring (bicyclic) bond motifs is 2. The molecule has 2 N–H and O–H groups in total. The van der Waals surface area contributed by atoms with Gasteiger partial charge in [0.05, 0.1) is 32.2 Å². The number of aliphatic carboxylic acids is 1. The van der Waals surface area contributed by atoms with Gasteiger partial charge in [0, 0.05) is 34.9 Å². The highest BCUT2D eigenvalue weighted by Crippen LogP contribution is 2.34. The van der Waals surface area contributed by atoms with E-state index in [0.717, 1.165) is 20.9 Å². The lowest BCUT2D eigenvalue weighted by Gasteiger charge is -2.18. The van der Waals surface area contributed by atoms with Gasteiger partial charge in [0.1, 0.15) is 6.04 Å². The molecule has 0 aliphatic heterocycles. The first-order valence-corrected chi connectivity index (χ1v) is 13.8. The van der Waals surface area contributed by atoms with Crippen LogP contribution in [-0.2, 0) is 18.3 Å². The van der Waals surface area contributed by atoms with Gasteiger partial charge in [-0.05, 0) is 60.0 Å². The number of hydrogen-bond acceptors (Lipinski definition) is 4. The first kappa shape index (κ1) is 27.8. The number of carboxylic acids is 1. The average molecular weight is 639 g/mol. The Labute approximate surface area is 247 Å². The zero-order chi connectivity index (χ0) is 28.7. The molecule has 5 aromatic rings. The molecule has 0 saturated heterocycles. The molecule has 0 bridgehead atoms. The monoisotopic (exact) mass is 637 g/mol. The molecule has 2 heterocycles. The van der Waals surface area contributed by atoms with Gasteiger partial charge < -0.3 is 15.0 Å². The Morgan fingerprint density at radius 2 is 1.77 bits per heavy atom. The molecular formula is C30H22BrCl2N3O4. The van der Waals surface area contributed by atoms with E-state index in [-0.39, 0.29) is 27.6 Å². The molecule has 0 radical (unpaired) electrons. The molecule has 1 amide bonds. The van der Waals surface area contributed by atoms with Crippen LogP contribution in [0.2, 0.25) is 10.0 Å². The Hall–Kier alpha value is -3.72. The maximum atomic E-state index is 13.6. The molecule has 0 aliphatic carbocycles. The number of benzene rings is 3. The number of carbonyl (C=O) groups is 2. The van der Waals surface area contributed by atoms with Crippen molar-refractivity contribution in [3.8, 4) is 11.1 Å². The molecule has 3 aromatic carbocycles. The summed E-state index contributed by atoms with van der Waals surface area (Å²) in [6.07, 6.45) is 1.55. The Balaban J connectivity index is 1.60. The molecule has 0 aliphatic rings. The summed E-state index contributed by atoms with van der Waals surface area (Å²) in [4.78, 5) is 43.2. The fourth-order valence-corrected chi connectivity index (χ4v) is 5.90. The van der Waals surface area contributed by atoms with Crippen LogP contribution in [0.1, 0.15) is 21.5 Å². The van der Waals surface area contributed by atoms with Crippen LogP contribution < -0.4 is 10.9 Å². The molecule has 202 valence electrons. The molecule has 1 unspecified atom stereocenters. The largest absolute Gasteiger partial charge is 0.480 e. The van der Waals surface area contributed by atoms with Crippen molar-refractivity contribution in [3.05, 3.63) is 108 Å². The predicted molar refractivity (Wildman–Crippen MR) is 161 cm³/mol.